The number of benzene rings is 2. The second kappa shape index (κ2) is 10.5. The number of carbonyl (C=O) groups is 1. The molecule has 27 heavy (non-hydrogen) atoms. The Morgan fingerprint density at radius 3 is 2.67 bits per heavy atom. The summed E-state index contributed by atoms with van der Waals surface area (Å²) < 4.78 is 16.3. The van der Waals surface area contributed by atoms with Crippen LogP contribution >= 0.6 is 0 Å². The summed E-state index contributed by atoms with van der Waals surface area (Å²) in [5.41, 5.74) is 1.57. The maximum atomic E-state index is 12.2. The summed E-state index contributed by atoms with van der Waals surface area (Å²) in [7, 11) is 1.49. The molecule has 0 saturated carbocycles. The minimum atomic E-state index is -0.529. The van der Waals surface area contributed by atoms with Gasteiger partial charge in [0.25, 0.3) is 0 Å². The first kappa shape index (κ1) is 19.8. The van der Waals surface area contributed by atoms with Crippen molar-refractivity contribution < 1.29 is 19.0 Å². The van der Waals surface area contributed by atoms with Crippen LogP contribution in [0.1, 0.15) is 24.5 Å². The number of nitrogens with zero attached hydrogens (tertiary/aromatic N) is 1. The first-order valence-electron chi connectivity index (χ1n) is 8.54. The highest BCUT2D eigenvalue weighted by molar-refractivity contribution is 5.89. The van der Waals surface area contributed by atoms with Gasteiger partial charge in [-0.15, -0.1) is 0 Å². The van der Waals surface area contributed by atoms with Crippen LogP contribution in [-0.2, 0) is 4.79 Å². The Balaban J connectivity index is 2.11. The van der Waals surface area contributed by atoms with Gasteiger partial charge in [-0.2, -0.15) is 5.26 Å². The molecule has 0 unspecified atom stereocenters. The molecule has 0 bridgehead atoms. The Hall–Kier alpha value is -3.52. The van der Waals surface area contributed by atoms with Crippen LogP contribution in [0.5, 0.6) is 17.2 Å². The number of rotatable bonds is 8. The zero-order valence-corrected chi connectivity index (χ0v) is 15.3. The maximum absolute atomic E-state index is 12.2. The SMILES string of the molecule is CCCOc1ccccc1/C=C/C(=O)Oc1ccc(/C=C\C#N)cc1OC. The van der Waals surface area contributed by atoms with Crippen LogP contribution < -0.4 is 14.2 Å². The van der Waals surface area contributed by atoms with E-state index in [1.54, 1.807) is 30.4 Å². The molecule has 0 aromatic heterocycles. The Morgan fingerprint density at radius 2 is 1.93 bits per heavy atom. The van der Waals surface area contributed by atoms with E-state index in [4.69, 9.17) is 19.5 Å². The van der Waals surface area contributed by atoms with E-state index in [0.29, 0.717) is 18.1 Å². The highest BCUT2D eigenvalue weighted by atomic mass is 16.6. The fourth-order valence-corrected chi connectivity index (χ4v) is 2.27. The van der Waals surface area contributed by atoms with E-state index in [1.807, 2.05) is 37.3 Å². The van der Waals surface area contributed by atoms with Crippen LogP contribution in [0.4, 0.5) is 0 Å². The minimum absolute atomic E-state index is 0.303. The molecule has 0 aliphatic rings. The first-order valence-corrected chi connectivity index (χ1v) is 8.54. The Kier molecular flexibility index (Phi) is 7.68. The molecule has 0 aliphatic carbocycles. The van der Waals surface area contributed by atoms with Crippen molar-refractivity contribution in [2.24, 2.45) is 0 Å². The predicted octanol–water partition coefficient (Wildman–Crippen LogP) is 4.64. The highest BCUT2D eigenvalue weighted by Crippen LogP contribution is 2.29. The molecule has 138 valence electrons. The fraction of sp³-hybridized carbons (Fsp3) is 0.182. The number of hydrogen-bond donors (Lipinski definition) is 0. The van der Waals surface area contributed by atoms with Crippen molar-refractivity contribution in [2.45, 2.75) is 13.3 Å². The molecule has 0 radical (unpaired) electrons. The second-order valence-corrected chi connectivity index (χ2v) is 5.51. The van der Waals surface area contributed by atoms with Gasteiger partial charge in [0.05, 0.1) is 19.8 Å². The summed E-state index contributed by atoms with van der Waals surface area (Å²) in [6.07, 6.45) is 6.91. The van der Waals surface area contributed by atoms with Crippen LogP contribution in [0.25, 0.3) is 12.2 Å². The molecule has 0 N–H and O–H groups in total. The molecule has 0 amide bonds. The molecule has 0 fully saturated rings. The van der Waals surface area contributed by atoms with E-state index in [1.165, 1.54) is 19.3 Å². The third kappa shape index (κ3) is 6.05. The molecule has 0 aliphatic heterocycles. The van der Waals surface area contributed by atoms with Crippen molar-refractivity contribution in [3.05, 3.63) is 65.7 Å². The van der Waals surface area contributed by atoms with E-state index in [2.05, 4.69) is 0 Å². The average Bonchev–Trinajstić information content (AvgIpc) is 2.70. The maximum Gasteiger partial charge on any atom is 0.336 e. The van der Waals surface area contributed by atoms with Crippen molar-refractivity contribution in [3.63, 3.8) is 0 Å². The number of nitriles is 1. The van der Waals surface area contributed by atoms with Crippen LogP contribution in [0.2, 0.25) is 0 Å². The normalized spacial score (nSPS) is 10.7. The molecular weight excluding hydrogens is 342 g/mol. The van der Waals surface area contributed by atoms with Gasteiger partial charge in [0.2, 0.25) is 0 Å². The third-order valence-corrected chi connectivity index (χ3v) is 3.53. The number of esters is 1. The number of carbonyl (C=O) groups excluding carboxylic acids is 1. The number of methoxy groups -OCH3 is 1. The van der Waals surface area contributed by atoms with E-state index in [0.717, 1.165) is 23.3 Å². The number of allylic oxidation sites excluding steroid dienone is 1. The molecular formula is C22H21NO4. The third-order valence-electron chi connectivity index (χ3n) is 3.53. The summed E-state index contributed by atoms with van der Waals surface area (Å²) in [6, 6.07) is 14.5. The lowest BCUT2D eigenvalue weighted by atomic mass is 10.2. The van der Waals surface area contributed by atoms with Crippen LogP contribution in [0, 0.1) is 11.3 Å². The molecule has 0 saturated heterocycles. The largest absolute Gasteiger partial charge is 0.493 e. The van der Waals surface area contributed by atoms with E-state index in [9.17, 15) is 4.79 Å². The number of hydrogen-bond acceptors (Lipinski definition) is 5. The van der Waals surface area contributed by atoms with Crippen molar-refractivity contribution in [2.75, 3.05) is 13.7 Å². The monoisotopic (exact) mass is 363 g/mol. The van der Waals surface area contributed by atoms with Gasteiger partial charge in [-0.25, -0.2) is 4.79 Å². The lowest BCUT2D eigenvalue weighted by Gasteiger charge is -2.09. The van der Waals surface area contributed by atoms with Crippen LogP contribution in [0.3, 0.4) is 0 Å². The minimum Gasteiger partial charge on any atom is -0.493 e. The van der Waals surface area contributed by atoms with Crippen molar-refractivity contribution >= 4 is 18.1 Å². The zero-order chi connectivity index (χ0) is 19.5. The summed E-state index contributed by atoms with van der Waals surface area (Å²) in [4.78, 5) is 12.2. The molecule has 2 aromatic rings. The predicted molar refractivity (Wildman–Crippen MR) is 105 cm³/mol. The summed E-state index contributed by atoms with van der Waals surface area (Å²) in [5, 5.41) is 8.59. The summed E-state index contributed by atoms with van der Waals surface area (Å²) in [6.45, 7) is 2.64. The van der Waals surface area contributed by atoms with E-state index >= 15 is 0 Å². The van der Waals surface area contributed by atoms with Gasteiger partial charge in [0.15, 0.2) is 11.5 Å². The van der Waals surface area contributed by atoms with Crippen LogP contribution in [0.15, 0.2) is 54.6 Å². The quantitative estimate of drug-likeness (QED) is 0.296. The van der Waals surface area contributed by atoms with Crippen molar-refractivity contribution in [1.82, 2.24) is 0 Å². The topological polar surface area (TPSA) is 68.5 Å². The molecule has 5 nitrogen and oxygen atoms in total. The Bertz CT molecular complexity index is 878. The lowest BCUT2D eigenvalue weighted by molar-refractivity contribution is -0.129. The zero-order valence-electron chi connectivity index (χ0n) is 15.3. The molecule has 5 heteroatoms. The average molecular weight is 363 g/mol. The first-order chi connectivity index (χ1) is 13.2. The highest BCUT2D eigenvalue weighted by Gasteiger charge is 2.09. The Labute approximate surface area is 159 Å². The number of ether oxygens (including phenoxy) is 3. The molecule has 2 rings (SSSR count). The fourth-order valence-electron chi connectivity index (χ4n) is 2.27. The van der Waals surface area contributed by atoms with E-state index in [-0.39, 0.29) is 0 Å². The second-order valence-electron chi connectivity index (χ2n) is 5.51. The van der Waals surface area contributed by atoms with E-state index < -0.39 is 5.97 Å². The van der Waals surface area contributed by atoms with Gasteiger partial charge < -0.3 is 14.2 Å². The molecule has 0 spiro atoms. The summed E-state index contributed by atoms with van der Waals surface area (Å²) in [5.74, 6) is 0.897. The molecule has 0 heterocycles. The summed E-state index contributed by atoms with van der Waals surface area (Å²) >= 11 is 0. The van der Waals surface area contributed by atoms with Gasteiger partial charge in [0.1, 0.15) is 5.75 Å². The lowest BCUT2D eigenvalue weighted by Crippen LogP contribution is -2.05. The van der Waals surface area contributed by atoms with Crippen molar-refractivity contribution in [1.29, 1.82) is 5.26 Å². The smallest absolute Gasteiger partial charge is 0.336 e. The standard InChI is InChI=1S/C22H21NO4/c1-3-15-26-19-9-5-4-8-18(19)11-13-22(24)27-20-12-10-17(7-6-14-23)16-21(20)25-2/h4-13,16H,3,15H2,1-2H3/b7-6-,13-11+. The van der Waals surface area contributed by atoms with Gasteiger partial charge in [-0.3, -0.25) is 0 Å². The van der Waals surface area contributed by atoms with Gasteiger partial charge in [-0.1, -0.05) is 31.2 Å². The molecule has 2 aromatic carbocycles. The number of para-hydroxylation sites is 1. The molecule has 0 atom stereocenters. The van der Waals surface area contributed by atoms with Crippen molar-refractivity contribution in [3.8, 4) is 23.3 Å². The van der Waals surface area contributed by atoms with Gasteiger partial charge in [-0.05, 0) is 42.3 Å². The van der Waals surface area contributed by atoms with Gasteiger partial charge >= 0.3 is 5.97 Å². The Morgan fingerprint density at radius 1 is 1.11 bits per heavy atom. The van der Waals surface area contributed by atoms with Gasteiger partial charge in [0, 0.05) is 17.7 Å². The van der Waals surface area contributed by atoms with Crippen LogP contribution in [-0.4, -0.2) is 19.7 Å².